The fourth-order valence-corrected chi connectivity index (χ4v) is 2.04. The molecule has 2 N–H and O–H groups in total. The van der Waals surface area contributed by atoms with Crippen LogP contribution in [0.3, 0.4) is 0 Å². The van der Waals surface area contributed by atoms with E-state index >= 15 is 0 Å². The van der Waals surface area contributed by atoms with Gasteiger partial charge in [0.1, 0.15) is 5.75 Å². The Balaban J connectivity index is 3.41. The van der Waals surface area contributed by atoms with E-state index in [1.807, 2.05) is 32.9 Å². The van der Waals surface area contributed by atoms with Gasteiger partial charge in [-0.3, -0.25) is 0 Å². The van der Waals surface area contributed by atoms with Crippen molar-refractivity contribution in [3.63, 3.8) is 0 Å². The number of hydrogen-bond acceptors (Lipinski definition) is 3. The molecule has 1 rings (SSSR count). The van der Waals surface area contributed by atoms with Crippen molar-refractivity contribution in [2.24, 2.45) is 0 Å². The van der Waals surface area contributed by atoms with Crippen molar-refractivity contribution in [3.05, 3.63) is 41.2 Å². The largest absolute Gasteiger partial charge is 0.478 e. The quantitative estimate of drug-likeness (QED) is 0.652. The number of carboxylic acid groups (broad SMARTS) is 2. The van der Waals surface area contributed by atoms with Crippen LogP contribution in [-0.4, -0.2) is 22.2 Å². The summed E-state index contributed by atoms with van der Waals surface area (Å²) in [4.78, 5) is 21.9. The molecule has 1 aromatic carbocycles. The van der Waals surface area contributed by atoms with Gasteiger partial charge in [-0.2, -0.15) is 0 Å². The smallest absolute Gasteiger partial charge is 0.372 e. The van der Waals surface area contributed by atoms with E-state index in [1.54, 1.807) is 6.07 Å². The van der Waals surface area contributed by atoms with E-state index in [0.717, 1.165) is 11.1 Å². The van der Waals surface area contributed by atoms with Gasteiger partial charge < -0.3 is 14.9 Å². The molecule has 0 aliphatic carbocycles. The highest BCUT2D eigenvalue weighted by molar-refractivity contribution is 5.93. The first-order valence-electron chi connectivity index (χ1n) is 7.33. The molecule has 0 aliphatic heterocycles. The first-order chi connectivity index (χ1) is 10.3. The predicted molar refractivity (Wildman–Crippen MR) is 87.8 cm³/mol. The molecule has 0 amide bonds. The first-order valence-corrected chi connectivity index (χ1v) is 7.33. The van der Waals surface area contributed by atoms with Crippen LogP contribution in [0, 0.1) is 0 Å². The van der Waals surface area contributed by atoms with Crippen molar-refractivity contribution < 1.29 is 24.5 Å². The minimum absolute atomic E-state index is 0.0644. The van der Waals surface area contributed by atoms with Gasteiger partial charge in [0, 0.05) is 5.56 Å². The second-order valence-electron chi connectivity index (χ2n) is 7.46. The Morgan fingerprint density at radius 1 is 1.00 bits per heavy atom. The molecular weight excluding hydrogens is 296 g/mol. The lowest BCUT2D eigenvalue weighted by molar-refractivity contribution is -0.137. The third-order valence-corrected chi connectivity index (χ3v) is 3.34. The van der Waals surface area contributed by atoms with Gasteiger partial charge in [-0.15, -0.1) is 0 Å². The molecule has 0 fully saturated rings. The minimum atomic E-state index is -1.42. The Bertz CT molecular complexity index is 642. The number of rotatable bonds is 4. The van der Waals surface area contributed by atoms with Gasteiger partial charge in [0.15, 0.2) is 0 Å². The number of aliphatic carboxylic acids is 2. The van der Waals surface area contributed by atoms with Crippen molar-refractivity contribution in [1.82, 2.24) is 0 Å². The van der Waals surface area contributed by atoms with Gasteiger partial charge in [-0.25, -0.2) is 9.59 Å². The van der Waals surface area contributed by atoms with Gasteiger partial charge in [0.25, 0.3) is 0 Å². The topological polar surface area (TPSA) is 83.8 Å². The van der Waals surface area contributed by atoms with Crippen molar-refractivity contribution in [3.8, 4) is 5.75 Å². The Labute approximate surface area is 136 Å². The van der Waals surface area contributed by atoms with Crippen LogP contribution in [0.25, 0.3) is 0 Å². The third kappa shape index (κ3) is 5.13. The zero-order chi connectivity index (χ0) is 18.0. The highest BCUT2D eigenvalue weighted by Gasteiger charge is 2.24. The standard InChI is InChI=1S/C18H24O5/c1-17(2,3)11-7-8-13(12(9-11)18(4,5)6)23-14(16(21)22)10-15(19)20/h7-10H,1-6H3,(H,19,20)(H,21,22)/b14-10-. The first kappa shape index (κ1) is 18.7. The van der Waals surface area contributed by atoms with Crippen molar-refractivity contribution >= 4 is 11.9 Å². The van der Waals surface area contributed by atoms with E-state index in [2.05, 4.69) is 20.8 Å². The molecule has 1 aromatic rings. The summed E-state index contributed by atoms with van der Waals surface area (Å²) in [6.45, 7) is 12.2. The van der Waals surface area contributed by atoms with Crippen LogP contribution in [0.15, 0.2) is 30.0 Å². The summed E-state index contributed by atoms with van der Waals surface area (Å²) in [5, 5.41) is 17.9. The number of ether oxygens (including phenoxy) is 1. The zero-order valence-corrected chi connectivity index (χ0v) is 14.4. The molecule has 0 aliphatic rings. The highest BCUT2D eigenvalue weighted by Crippen LogP contribution is 2.36. The van der Waals surface area contributed by atoms with Gasteiger partial charge in [0.2, 0.25) is 5.76 Å². The van der Waals surface area contributed by atoms with Gasteiger partial charge in [-0.05, 0) is 22.5 Å². The molecule has 0 radical (unpaired) electrons. The molecular formula is C18H24O5. The second kappa shape index (κ2) is 6.44. The van der Waals surface area contributed by atoms with E-state index in [1.165, 1.54) is 0 Å². The second-order valence-corrected chi connectivity index (χ2v) is 7.46. The van der Waals surface area contributed by atoms with E-state index in [0.29, 0.717) is 11.8 Å². The molecule has 5 heteroatoms. The van der Waals surface area contributed by atoms with Crippen molar-refractivity contribution in [2.75, 3.05) is 0 Å². The Hall–Kier alpha value is -2.30. The Morgan fingerprint density at radius 3 is 1.96 bits per heavy atom. The molecule has 0 unspecified atom stereocenters. The summed E-state index contributed by atoms with van der Waals surface area (Å²) in [6.07, 6.45) is 0.548. The lowest BCUT2D eigenvalue weighted by Crippen LogP contribution is -2.19. The van der Waals surface area contributed by atoms with Crippen LogP contribution in [0.4, 0.5) is 0 Å². The SMILES string of the molecule is CC(C)(C)c1ccc(O/C(=C\C(=O)O)C(=O)O)c(C(C)(C)C)c1. The van der Waals surface area contributed by atoms with Crippen LogP contribution in [0.5, 0.6) is 5.75 Å². The predicted octanol–water partition coefficient (Wildman–Crippen LogP) is 3.71. The summed E-state index contributed by atoms with van der Waals surface area (Å²) >= 11 is 0. The lowest BCUT2D eigenvalue weighted by atomic mass is 9.80. The van der Waals surface area contributed by atoms with Gasteiger partial charge in [-0.1, -0.05) is 53.7 Å². The van der Waals surface area contributed by atoms with E-state index in [9.17, 15) is 9.59 Å². The van der Waals surface area contributed by atoms with Crippen LogP contribution in [0.2, 0.25) is 0 Å². The average molecular weight is 320 g/mol. The molecule has 0 saturated heterocycles. The molecule has 23 heavy (non-hydrogen) atoms. The molecule has 0 bridgehead atoms. The van der Waals surface area contributed by atoms with E-state index in [4.69, 9.17) is 14.9 Å². The summed E-state index contributed by atoms with van der Waals surface area (Å²) in [5.74, 6) is -3.06. The number of carbonyl (C=O) groups is 2. The van der Waals surface area contributed by atoms with Gasteiger partial charge >= 0.3 is 11.9 Å². The summed E-state index contributed by atoms with van der Waals surface area (Å²) in [5.41, 5.74) is 1.56. The fraction of sp³-hybridized carbons (Fsp3) is 0.444. The molecule has 5 nitrogen and oxygen atoms in total. The zero-order valence-electron chi connectivity index (χ0n) is 14.4. The number of hydrogen-bond donors (Lipinski definition) is 2. The normalized spacial score (nSPS) is 12.9. The third-order valence-electron chi connectivity index (χ3n) is 3.34. The minimum Gasteiger partial charge on any atom is -0.478 e. The maximum Gasteiger partial charge on any atom is 0.372 e. The number of benzene rings is 1. The molecule has 0 spiro atoms. The lowest BCUT2D eigenvalue weighted by Gasteiger charge is -2.27. The van der Waals surface area contributed by atoms with Gasteiger partial charge in [0.05, 0.1) is 6.08 Å². The Kier molecular flexibility index (Phi) is 5.25. The molecule has 0 saturated carbocycles. The maximum absolute atomic E-state index is 11.2. The van der Waals surface area contributed by atoms with Crippen molar-refractivity contribution in [1.29, 1.82) is 0 Å². The van der Waals surface area contributed by atoms with E-state index < -0.39 is 17.7 Å². The van der Waals surface area contributed by atoms with Crippen LogP contribution in [-0.2, 0) is 20.4 Å². The van der Waals surface area contributed by atoms with Crippen LogP contribution < -0.4 is 4.74 Å². The molecule has 0 heterocycles. The molecule has 0 atom stereocenters. The summed E-state index contributed by atoms with van der Waals surface area (Å²) < 4.78 is 5.39. The molecule has 126 valence electrons. The average Bonchev–Trinajstić information content (AvgIpc) is 2.35. The summed E-state index contributed by atoms with van der Waals surface area (Å²) in [6, 6.07) is 5.54. The van der Waals surface area contributed by atoms with Crippen LogP contribution >= 0.6 is 0 Å². The van der Waals surface area contributed by atoms with Crippen molar-refractivity contribution in [2.45, 2.75) is 52.4 Å². The number of carboxylic acids is 2. The highest BCUT2D eigenvalue weighted by atomic mass is 16.5. The van der Waals surface area contributed by atoms with E-state index in [-0.39, 0.29) is 10.8 Å². The Morgan fingerprint density at radius 2 is 1.57 bits per heavy atom. The monoisotopic (exact) mass is 320 g/mol. The van der Waals surface area contributed by atoms with Crippen LogP contribution in [0.1, 0.15) is 52.7 Å². The molecule has 0 aromatic heterocycles. The summed E-state index contributed by atoms with van der Waals surface area (Å²) in [7, 11) is 0. The fourth-order valence-electron chi connectivity index (χ4n) is 2.04. The maximum atomic E-state index is 11.2.